The van der Waals surface area contributed by atoms with Gasteiger partial charge in [0, 0.05) is 23.1 Å². The molecule has 0 fully saturated rings. The molecule has 3 aromatic carbocycles. The van der Waals surface area contributed by atoms with Crippen LogP contribution in [-0.2, 0) is 17.7 Å². The highest BCUT2D eigenvalue weighted by atomic mass is 35.5. The number of ether oxygens (including phenoxy) is 3. The van der Waals surface area contributed by atoms with Gasteiger partial charge in [0.1, 0.15) is 18.2 Å². The molecule has 8 heteroatoms. The highest BCUT2D eigenvalue weighted by Crippen LogP contribution is 2.44. The van der Waals surface area contributed by atoms with Gasteiger partial charge < -0.3 is 14.2 Å². The number of hydrogen-bond donors (Lipinski definition) is 0. The van der Waals surface area contributed by atoms with Crippen molar-refractivity contribution in [1.29, 1.82) is 0 Å². The molecular weight excluding hydrogens is 501 g/mol. The van der Waals surface area contributed by atoms with Crippen LogP contribution in [0.15, 0.2) is 54.3 Å². The van der Waals surface area contributed by atoms with Crippen LogP contribution in [0.2, 0.25) is 10.0 Å². The zero-order chi connectivity index (χ0) is 25.4. The maximum absolute atomic E-state index is 13.2. The van der Waals surface area contributed by atoms with E-state index in [1.165, 1.54) is 7.11 Å². The first-order chi connectivity index (χ1) is 17.3. The van der Waals surface area contributed by atoms with E-state index >= 15 is 0 Å². The third kappa shape index (κ3) is 4.72. The van der Waals surface area contributed by atoms with Crippen molar-refractivity contribution in [1.82, 2.24) is 4.90 Å². The lowest BCUT2D eigenvalue weighted by Gasteiger charge is -2.30. The van der Waals surface area contributed by atoms with Gasteiger partial charge >= 0.3 is 5.97 Å². The average molecular weight is 524 g/mol. The first kappa shape index (κ1) is 24.4. The van der Waals surface area contributed by atoms with Crippen molar-refractivity contribution >= 4 is 41.0 Å². The summed E-state index contributed by atoms with van der Waals surface area (Å²) in [6.07, 6.45) is 2.41. The lowest BCUT2D eigenvalue weighted by Crippen LogP contribution is -2.34. The van der Waals surface area contributed by atoms with Crippen LogP contribution in [0.1, 0.15) is 43.0 Å². The van der Waals surface area contributed by atoms with Gasteiger partial charge in [0.05, 0.1) is 23.8 Å². The van der Waals surface area contributed by atoms with Crippen LogP contribution in [0, 0.1) is 6.92 Å². The molecular formula is C28H23Cl2NO5. The monoisotopic (exact) mass is 523 g/mol. The molecule has 0 aliphatic carbocycles. The van der Waals surface area contributed by atoms with Crippen LogP contribution in [0.25, 0.3) is 6.08 Å². The maximum atomic E-state index is 13.2. The van der Waals surface area contributed by atoms with E-state index in [2.05, 4.69) is 4.90 Å². The summed E-state index contributed by atoms with van der Waals surface area (Å²) in [5.41, 5.74) is 4.39. The molecule has 184 valence electrons. The number of halogens is 2. The van der Waals surface area contributed by atoms with Crippen LogP contribution in [0.5, 0.6) is 11.5 Å². The van der Waals surface area contributed by atoms with Gasteiger partial charge in [-0.15, -0.1) is 0 Å². The van der Waals surface area contributed by atoms with E-state index in [1.54, 1.807) is 36.4 Å². The van der Waals surface area contributed by atoms with E-state index in [9.17, 15) is 9.59 Å². The maximum Gasteiger partial charge on any atom is 0.337 e. The van der Waals surface area contributed by atoms with Crippen molar-refractivity contribution in [3.63, 3.8) is 0 Å². The molecule has 6 nitrogen and oxygen atoms in total. The van der Waals surface area contributed by atoms with E-state index < -0.39 is 5.97 Å². The Bertz CT molecular complexity index is 1400. The lowest BCUT2D eigenvalue weighted by molar-refractivity contribution is 0.0600. The van der Waals surface area contributed by atoms with Crippen LogP contribution < -0.4 is 9.47 Å². The lowest BCUT2D eigenvalue weighted by atomic mass is 9.98. The normalized spacial score (nSPS) is 15.8. The van der Waals surface area contributed by atoms with E-state index in [0.29, 0.717) is 46.7 Å². The second-order valence-electron chi connectivity index (χ2n) is 8.74. The third-order valence-electron chi connectivity index (χ3n) is 6.33. The average Bonchev–Trinajstić information content (AvgIpc) is 3.20. The van der Waals surface area contributed by atoms with Crippen molar-refractivity contribution in [3.8, 4) is 11.5 Å². The van der Waals surface area contributed by atoms with Crippen molar-refractivity contribution in [2.24, 2.45) is 0 Å². The number of esters is 1. The fourth-order valence-electron chi connectivity index (χ4n) is 4.41. The predicted molar refractivity (Wildman–Crippen MR) is 138 cm³/mol. The van der Waals surface area contributed by atoms with E-state index in [0.717, 1.165) is 34.4 Å². The number of carbonyl (C=O) groups excluding carboxylic acids is 2. The molecule has 0 saturated carbocycles. The van der Waals surface area contributed by atoms with Crippen LogP contribution >= 0.6 is 23.2 Å². The number of carbonyl (C=O) groups is 2. The summed E-state index contributed by atoms with van der Waals surface area (Å²) in [5, 5.41) is 1.25. The molecule has 2 aliphatic heterocycles. The Kier molecular flexibility index (Phi) is 6.75. The summed E-state index contributed by atoms with van der Waals surface area (Å²) >= 11 is 12.3. The van der Waals surface area contributed by atoms with Gasteiger partial charge in [-0.05, 0) is 66.4 Å². The number of Topliss-reactive ketones (excluding diaryl/α,β-unsaturated/α-hetero) is 1. The molecule has 36 heavy (non-hydrogen) atoms. The highest BCUT2D eigenvalue weighted by molar-refractivity contribution is 6.35. The van der Waals surface area contributed by atoms with Crippen molar-refractivity contribution in [2.45, 2.75) is 19.9 Å². The molecule has 0 N–H and O–H groups in total. The number of benzene rings is 3. The molecule has 2 heterocycles. The standard InChI is InChI=1S/C28H23Cl2NO5/c1-16-11-23-21(14-31(15-35-23)10-9-18-7-8-20(29)13-22(18)30)27-25(16)26(32)24(36-27)12-17-3-5-19(6-4-17)28(33)34-2/h3-8,11-13H,9-10,14-15H2,1-2H3/b24-12+. The Hall–Kier alpha value is -3.32. The predicted octanol–water partition coefficient (Wildman–Crippen LogP) is 6.10. The SMILES string of the molecule is COC(=O)c1ccc(/C=C2/Oc3c4c(cc(C)c3C2=O)OCN(CCc2ccc(Cl)cc2Cl)C4)cc1. The summed E-state index contributed by atoms with van der Waals surface area (Å²) < 4.78 is 16.9. The number of hydrogen-bond acceptors (Lipinski definition) is 6. The Morgan fingerprint density at radius 2 is 1.92 bits per heavy atom. The van der Waals surface area contributed by atoms with Crippen molar-refractivity contribution in [3.05, 3.63) is 97.7 Å². The van der Waals surface area contributed by atoms with Gasteiger partial charge in [0.2, 0.25) is 5.78 Å². The molecule has 0 bridgehead atoms. The first-order valence-corrected chi connectivity index (χ1v) is 12.2. The Labute approximate surface area is 219 Å². The Balaban J connectivity index is 1.37. The number of aryl methyl sites for hydroxylation is 1. The number of allylic oxidation sites excluding steroid dienone is 1. The molecule has 0 radical (unpaired) electrons. The Morgan fingerprint density at radius 1 is 1.14 bits per heavy atom. The first-order valence-electron chi connectivity index (χ1n) is 11.4. The summed E-state index contributed by atoms with van der Waals surface area (Å²) in [6.45, 7) is 3.61. The molecule has 0 unspecified atom stereocenters. The van der Waals surface area contributed by atoms with Gasteiger partial charge in [-0.25, -0.2) is 4.79 Å². The van der Waals surface area contributed by atoms with Gasteiger partial charge in [-0.2, -0.15) is 0 Å². The van der Waals surface area contributed by atoms with Gasteiger partial charge in [-0.1, -0.05) is 41.4 Å². The minimum absolute atomic E-state index is 0.174. The minimum Gasteiger partial charge on any atom is -0.478 e. The zero-order valence-corrected chi connectivity index (χ0v) is 21.3. The summed E-state index contributed by atoms with van der Waals surface area (Å²) in [7, 11) is 1.33. The molecule has 0 saturated heterocycles. The van der Waals surface area contributed by atoms with E-state index in [1.807, 2.05) is 25.1 Å². The number of nitrogens with zero attached hydrogens (tertiary/aromatic N) is 1. The fourth-order valence-corrected chi connectivity index (χ4v) is 4.91. The molecule has 5 rings (SSSR count). The second kappa shape index (κ2) is 9.97. The molecule has 0 spiro atoms. The fraction of sp³-hybridized carbons (Fsp3) is 0.214. The molecule has 0 atom stereocenters. The third-order valence-corrected chi connectivity index (χ3v) is 6.92. The van der Waals surface area contributed by atoms with Crippen LogP contribution in [0.3, 0.4) is 0 Å². The van der Waals surface area contributed by atoms with Crippen LogP contribution in [0.4, 0.5) is 0 Å². The minimum atomic E-state index is -0.417. The smallest absolute Gasteiger partial charge is 0.337 e. The molecule has 3 aromatic rings. The molecule has 2 aliphatic rings. The zero-order valence-electron chi connectivity index (χ0n) is 19.8. The summed E-state index contributed by atoms with van der Waals surface area (Å²) in [6, 6.07) is 14.2. The van der Waals surface area contributed by atoms with Crippen molar-refractivity contribution in [2.75, 3.05) is 20.4 Å². The highest BCUT2D eigenvalue weighted by Gasteiger charge is 2.35. The number of ketones is 1. The van der Waals surface area contributed by atoms with E-state index in [-0.39, 0.29) is 11.5 Å². The summed E-state index contributed by atoms with van der Waals surface area (Å²) in [5.74, 6) is 0.912. The van der Waals surface area contributed by atoms with Crippen LogP contribution in [-0.4, -0.2) is 37.0 Å². The number of rotatable bonds is 5. The topological polar surface area (TPSA) is 65.1 Å². The van der Waals surface area contributed by atoms with Gasteiger partial charge in [0.15, 0.2) is 5.76 Å². The van der Waals surface area contributed by atoms with Gasteiger partial charge in [-0.3, -0.25) is 9.69 Å². The number of fused-ring (bicyclic) bond motifs is 3. The Morgan fingerprint density at radius 3 is 2.64 bits per heavy atom. The summed E-state index contributed by atoms with van der Waals surface area (Å²) in [4.78, 5) is 27.1. The van der Waals surface area contributed by atoms with E-state index in [4.69, 9.17) is 37.4 Å². The molecule has 0 aromatic heterocycles. The largest absolute Gasteiger partial charge is 0.478 e. The quantitative estimate of drug-likeness (QED) is 0.297. The van der Waals surface area contributed by atoms with Gasteiger partial charge in [0.25, 0.3) is 0 Å². The number of methoxy groups -OCH3 is 1. The van der Waals surface area contributed by atoms with Crippen molar-refractivity contribution < 1.29 is 23.8 Å². The molecule has 0 amide bonds. The second-order valence-corrected chi connectivity index (χ2v) is 9.58.